The Morgan fingerprint density at radius 3 is 2.53 bits per heavy atom. The smallest absolute Gasteiger partial charge is 0.137 e. The molecule has 1 fully saturated rings. The standard InChI is InChI=1S/C12H24N2O/c1-13(2)8-5-9-14(3)10-11-6-4-7-12(11)15/h11H,4-10H2,1-3H3. The molecule has 88 valence electrons. The summed E-state index contributed by atoms with van der Waals surface area (Å²) in [5.41, 5.74) is 0. The highest BCUT2D eigenvalue weighted by Crippen LogP contribution is 2.21. The molecule has 1 rings (SSSR count). The molecule has 1 atom stereocenters. The highest BCUT2D eigenvalue weighted by atomic mass is 16.1. The largest absolute Gasteiger partial charge is 0.309 e. The number of hydrogen-bond donors (Lipinski definition) is 0. The molecule has 3 nitrogen and oxygen atoms in total. The minimum Gasteiger partial charge on any atom is -0.309 e. The van der Waals surface area contributed by atoms with E-state index in [9.17, 15) is 4.79 Å². The normalized spacial score (nSPS) is 21.9. The summed E-state index contributed by atoms with van der Waals surface area (Å²) in [5.74, 6) is 0.809. The predicted molar refractivity (Wildman–Crippen MR) is 63.0 cm³/mol. The maximum Gasteiger partial charge on any atom is 0.137 e. The van der Waals surface area contributed by atoms with Crippen molar-refractivity contribution in [3.05, 3.63) is 0 Å². The van der Waals surface area contributed by atoms with Gasteiger partial charge in [0.05, 0.1) is 0 Å². The highest BCUT2D eigenvalue weighted by molar-refractivity contribution is 5.83. The Morgan fingerprint density at radius 1 is 1.27 bits per heavy atom. The average Bonchev–Trinajstić information content (AvgIpc) is 2.51. The molecule has 0 saturated heterocycles. The fourth-order valence-corrected chi connectivity index (χ4v) is 2.21. The number of carbonyl (C=O) groups is 1. The molecule has 0 bridgehead atoms. The lowest BCUT2D eigenvalue weighted by molar-refractivity contribution is -0.121. The van der Waals surface area contributed by atoms with Gasteiger partial charge in [0, 0.05) is 18.9 Å². The number of Topliss-reactive ketones (excluding diaryl/α,β-unsaturated/α-hetero) is 1. The third kappa shape index (κ3) is 4.76. The molecule has 0 spiro atoms. The molecule has 0 aromatic carbocycles. The van der Waals surface area contributed by atoms with Gasteiger partial charge in [-0.15, -0.1) is 0 Å². The Kier molecular flexibility index (Phi) is 5.26. The summed E-state index contributed by atoms with van der Waals surface area (Å²) in [7, 11) is 6.32. The second-order valence-corrected chi connectivity index (χ2v) is 4.97. The Balaban J connectivity index is 2.12. The van der Waals surface area contributed by atoms with Crippen molar-refractivity contribution in [3.63, 3.8) is 0 Å². The van der Waals surface area contributed by atoms with Crippen LogP contribution in [0, 0.1) is 5.92 Å². The molecule has 0 N–H and O–H groups in total. The van der Waals surface area contributed by atoms with E-state index in [1.54, 1.807) is 0 Å². The van der Waals surface area contributed by atoms with Crippen molar-refractivity contribution in [2.24, 2.45) is 5.92 Å². The van der Waals surface area contributed by atoms with Gasteiger partial charge in [0.15, 0.2) is 0 Å². The van der Waals surface area contributed by atoms with Crippen LogP contribution in [0.3, 0.4) is 0 Å². The number of hydrogen-bond acceptors (Lipinski definition) is 3. The number of ketones is 1. The lowest BCUT2D eigenvalue weighted by atomic mass is 10.1. The molecule has 3 heteroatoms. The maximum absolute atomic E-state index is 11.5. The molecule has 0 heterocycles. The molecule has 0 aliphatic heterocycles. The van der Waals surface area contributed by atoms with Crippen molar-refractivity contribution >= 4 is 5.78 Å². The van der Waals surface area contributed by atoms with Gasteiger partial charge in [0.1, 0.15) is 5.78 Å². The van der Waals surface area contributed by atoms with Gasteiger partial charge in [-0.1, -0.05) is 0 Å². The predicted octanol–water partition coefficient (Wildman–Crippen LogP) is 1.24. The summed E-state index contributed by atoms with van der Waals surface area (Å²) in [6.07, 6.45) is 4.21. The quantitative estimate of drug-likeness (QED) is 0.662. The molecule has 0 aromatic heterocycles. The van der Waals surface area contributed by atoms with Crippen LogP contribution in [-0.4, -0.2) is 56.4 Å². The van der Waals surface area contributed by atoms with E-state index < -0.39 is 0 Å². The number of nitrogens with zero attached hydrogens (tertiary/aromatic N) is 2. The summed E-state index contributed by atoms with van der Waals surface area (Å²) in [6.45, 7) is 3.19. The molecule has 1 aliphatic rings. The van der Waals surface area contributed by atoms with Gasteiger partial charge in [-0.05, 0) is 53.5 Å². The van der Waals surface area contributed by atoms with Crippen LogP contribution in [0.5, 0.6) is 0 Å². The van der Waals surface area contributed by atoms with E-state index in [0.29, 0.717) is 11.7 Å². The van der Waals surface area contributed by atoms with E-state index in [4.69, 9.17) is 0 Å². The van der Waals surface area contributed by atoms with Crippen molar-refractivity contribution < 1.29 is 4.79 Å². The monoisotopic (exact) mass is 212 g/mol. The molecular weight excluding hydrogens is 188 g/mol. The van der Waals surface area contributed by atoms with E-state index >= 15 is 0 Å². The third-order valence-electron chi connectivity index (χ3n) is 3.11. The van der Waals surface area contributed by atoms with Gasteiger partial charge in [0.25, 0.3) is 0 Å². The van der Waals surface area contributed by atoms with E-state index in [1.165, 1.54) is 6.42 Å². The highest BCUT2D eigenvalue weighted by Gasteiger charge is 2.24. The lowest BCUT2D eigenvalue weighted by Crippen LogP contribution is -2.30. The molecule has 0 aromatic rings. The Labute approximate surface area is 93.4 Å². The van der Waals surface area contributed by atoms with Gasteiger partial charge in [-0.3, -0.25) is 4.79 Å². The van der Waals surface area contributed by atoms with Crippen LogP contribution in [0.25, 0.3) is 0 Å². The maximum atomic E-state index is 11.5. The first-order valence-corrected chi connectivity index (χ1v) is 5.95. The molecule has 1 saturated carbocycles. The van der Waals surface area contributed by atoms with E-state index in [2.05, 4.69) is 30.9 Å². The van der Waals surface area contributed by atoms with Crippen molar-refractivity contribution in [3.8, 4) is 0 Å². The summed E-state index contributed by atoms with van der Waals surface area (Å²) in [5, 5.41) is 0. The second kappa shape index (κ2) is 6.23. The van der Waals surface area contributed by atoms with Crippen LogP contribution in [0.4, 0.5) is 0 Å². The lowest BCUT2D eigenvalue weighted by Gasteiger charge is -2.20. The van der Waals surface area contributed by atoms with Gasteiger partial charge in [-0.25, -0.2) is 0 Å². The first-order chi connectivity index (χ1) is 7.09. The minimum absolute atomic E-state index is 0.328. The molecular formula is C12H24N2O. The second-order valence-electron chi connectivity index (χ2n) is 4.97. The molecule has 0 radical (unpaired) electrons. The first kappa shape index (κ1) is 12.7. The zero-order valence-corrected chi connectivity index (χ0v) is 10.3. The van der Waals surface area contributed by atoms with Crippen LogP contribution in [0.1, 0.15) is 25.7 Å². The third-order valence-corrected chi connectivity index (χ3v) is 3.11. The van der Waals surface area contributed by atoms with Crippen LogP contribution >= 0.6 is 0 Å². The van der Waals surface area contributed by atoms with Crippen molar-refractivity contribution in [1.82, 2.24) is 9.80 Å². The first-order valence-electron chi connectivity index (χ1n) is 5.95. The van der Waals surface area contributed by atoms with Gasteiger partial charge in [0.2, 0.25) is 0 Å². The molecule has 1 unspecified atom stereocenters. The van der Waals surface area contributed by atoms with Gasteiger partial charge >= 0.3 is 0 Å². The fourth-order valence-electron chi connectivity index (χ4n) is 2.21. The van der Waals surface area contributed by atoms with Crippen LogP contribution in [0.15, 0.2) is 0 Å². The Hall–Kier alpha value is -0.410. The van der Waals surface area contributed by atoms with Crippen molar-refractivity contribution in [2.75, 3.05) is 40.8 Å². The van der Waals surface area contributed by atoms with Crippen molar-refractivity contribution in [2.45, 2.75) is 25.7 Å². The Bertz CT molecular complexity index is 204. The van der Waals surface area contributed by atoms with Crippen LogP contribution < -0.4 is 0 Å². The SMILES string of the molecule is CN(C)CCCN(C)CC1CCCC1=O. The zero-order valence-electron chi connectivity index (χ0n) is 10.3. The van der Waals surface area contributed by atoms with E-state index in [-0.39, 0.29) is 0 Å². The Morgan fingerprint density at radius 2 is 2.00 bits per heavy atom. The van der Waals surface area contributed by atoms with Crippen LogP contribution in [-0.2, 0) is 4.79 Å². The molecule has 15 heavy (non-hydrogen) atoms. The molecule has 1 aliphatic carbocycles. The van der Waals surface area contributed by atoms with E-state index in [1.807, 2.05) is 0 Å². The summed E-state index contributed by atoms with van der Waals surface area (Å²) in [6, 6.07) is 0. The topological polar surface area (TPSA) is 23.6 Å². The van der Waals surface area contributed by atoms with Crippen LogP contribution in [0.2, 0.25) is 0 Å². The number of carbonyl (C=O) groups excluding carboxylic acids is 1. The van der Waals surface area contributed by atoms with Crippen molar-refractivity contribution in [1.29, 1.82) is 0 Å². The summed E-state index contributed by atoms with van der Waals surface area (Å²) < 4.78 is 0. The zero-order chi connectivity index (χ0) is 11.3. The summed E-state index contributed by atoms with van der Waals surface area (Å²) in [4.78, 5) is 16.0. The van der Waals surface area contributed by atoms with Gasteiger partial charge < -0.3 is 9.80 Å². The average molecular weight is 212 g/mol. The molecule has 0 amide bonds. The van der Waals surface area contributed by atoms with Gasteiger partial charge in [-0.2, -0.15) is 0 Å². The number of rotatable bonds is 6. The minimum atomic E-state index is 0.328. The summed E-state index contributed by atoms with van der Waals surface area (Å²) >= 11 is 0. The van der Waals surface area contributed by atoms with E-state index in [0.717, 1.165) is 38.9 Å². The fraction of sp³-hybridized carbons (Fsp3) is 0.917.